The first-order chi connectivity index (χ1) is 19.2. The number of rotatable bonds is 11. The molecule has 3 aromatic carbocycles. The summed E-state index contributed by atoms with van der Waals surface area (Å²) in [4.78, 5) is 28.4. The number of sulfonamides is 1. The number of benzene rings is 3. The van der Waals surface area contributed by atoms with E-state index in [2.05, 4.69) is 5.32 Å². The minimum absolute atomic E-state index is 0.0226. The zero-order chi connectivity index (χ0) is 30.5. The molecule has 3 rings (SSSR count). The van der Waals surface area contributed by atoms with Crippen molar-refractivity contribution in [3.8, 4) is 0 Å². The van der Waals surface area contributed by atoms with Gasteiger partial charge in [0.05, 0.1) is 20.6 Å². The van der Waals surface area contributed by atoms with Crippen molar-refractivity contribution in [2.24, 2.45) is 0 Å². The Balaban J connectivity index is 2.07. The second-order valence-electron chi connectivity index (χ2n) is 9.72. The van der Waals surface area contributed by atoms with Crippen molar-refractivity contribution in [2.75, 3.05) is 10.8 Å². The van der Waals surface area contributed by atoms with E-state index >= 15 is 0 Å². The van der Waals surface area contributed by atoms with E-state index in [0.29, 0.717) is 17.0 Å². The van der Waals surface area contributed by atoms with Crippen LogP contribution in [0.25, 0.3) is 0 Å². The van der Waals surface area contributed by atoms with Crippen LogP contribution in [0.4, 0.5) is 5.69 Å². The van der Waals surface area contributed by atoms with E-state index in [-0.39, 0.29) is 44.1 Å². The van der Waals surface area contributed by atoms with E-state index in [9.17, 15) is 18.0 Å². The Kier molecular flexibility index (Phi) is 11.4. The molecule has 2 atom stereocenters. The first-order valence-corrected chi connectivity index (χ1v) is 15.8. The van der Waals surface area contributed by atoms with Gasteiger partial charge in [0.25, 0.3) is 10.0 Å². The Morgan fingerprint density at radius 2 is 1.49 bits per heavy atom. The molecule has 0 aromatic heterocycles. The van der Waals surface area contributed by atoms with Crippen LogP contribution in [0.2, 0.25) is 20.1 Å². The van der Waals surface area contributed by atoms with Gasteiger partial charge < -0.3 is 10.2 Å². The predicted molar refractivity (Wildman–Crippen MR) is 167 cm³/mol. The van der Waals surface area contributed by atoms with Gasteiger partial charge in [0.1, 0.15) is 12.6 Å². The van der Waals surface area contributed by atoms with Gasteiger partial charge in [0, 0.05) is 22.6 Å². The number of aryl methyl sites for hydroxylation is 1. The number of anilines is 1. The van der Waals surface area contributed by atoms with E-state index in [1.807, 2.05) is 20.8 Å². The molecular weight excluding hydrogens is 628 g/mol. The molecule has 0 aliphatic heterocycles. The van der Waals surface area contributed by atoms with Gasteiger partial charge in [-0.05, 0) is 75.2 Å². The van der Waals surface area contributed by atoms with Gasteiger partial charge in [0.15, 0.2) is 0 Å². The summed E-state index contributed by atoms with van der Waals surface area (Å²) < 4.78 is 28.8. The van der Waals surface area contributed by atoms with E-state index in [0.717, 1.165) is 9.87 Å². The fourth-order valence-electron chi connectivity index (χ4n) is 3.93. The van der Waals surface area contributed by atoms with Crippen molar-refractivity contribution in [3.05, 3.63) is 91.9 Å². The molecule has 3 aromatic rings. The minimum Gasteiger partial charge on any atom is -0.352 e. The largest absolute Gasteiger partial charge is 0.352 e. The quantitative estimate of drug-likeness (QED) is 0.237. The van der Waals surface area contributed by atoms with Crippen LogP contribution in [0.15, 0.2) is 65.6 Å². The normalized spacial score (nSPS) is 12.9. The maximum Gasteiger partial charge on any atom is 0.264 e. The Labute approximate surface area is 261 Å². The summed E-state index contributed by atoms with van der Waals surface area (Å²) in [6.45, 7) is 6.55. The van der Waals surface area contributed by atoms with Crippen molar-refractivity contribution in [1.82, 2.24) is 10.2 Å². The molecule has 0 radical (unpaired) electrons. The van der Waals surface area contributed by atoms with Crippen LogP contribution in [0.5, 0.6) is 0 Å². The van der Waals surface area contributed by atoms with E-state index in [1.54, 1.807) is 37.3 Å². The molecule has 0 saturated heterocycles. The Morgan fingerprint density at radius 1 is 0.878 bits per heavy atom. The fraction of sp³-hybridized carbons (Fsp3) is 0.310. The summed E-state index contributed by atoms with van der Waals surface area (Å²) in [6, 6.07) is 14.3. The third-order valence-corrected chi connectivity index (χ3v) is 9.49. The monoisotopic (exact) mass is 657 g/mol. The lowest BCUT2D eigenvalue weighted by Crippen LogP contribution is -2.52. The van der Waals surface area contributed by atoms with Gasteiger partial charge in [-0.2, -0.15) is 0 Å². The number of halogens is 4. The Hall–Kier alpha value is -2.49. The number of hydrogen-bond acceptors (Lipinski definition) is 4. The van der Waals surface area contributed by atoms with E-state index in [1.165, 1.54) is 35.2 Å². The molecule has 41 heavy (non-hydrogen) atoms. The second kappa shape index (κ2) is 14.1. The lowest BCUT2D eigenvalue weighted by atomic mass is 10.1. The highest BCUT2D eigenvalue weighted by molar-refractivity contribution is 7.92. The summed E-state index contributed by atoms with van der Waals surface area (Å²) >= 11 is 24.7. The average Bonchev–Trinajstić information content (AvgIpc) is 2.91. The van der Waals surface area contributed by atoms with Crippen LogP contribution in [-0.4, -0.2) is 43.8 Å². The molecule has 0 fully saturated rings. The predicted octanol–water partition coefficient (Wildman–Crippen LogP) is 7.14. The molecule has 0 bridgehead atoms. The van der Waals surface area contributed by atoms with E-state index in [4.69, 9.17) is 46.4 Å². The smallest absolute Gasteiger partial charge is 0.264 e. The Bertz CT molecular complexity index is 1500. The van der Waals surface area contributed by atoms with Gasteiger partial charge >= 0.3 is 0 Å². The van der Waals surface area contributed by atoms with Crippen molar-refractivity contribution in [3.63, 3.8) is 0 Å². The molecule has 0 aliphatic rings. The van der Waals surface area contributed by atoms with Gasteiger partial charge in [-0.25, -0.2) is 8.42 Å². The van der Waals surface area contributed by atoms with Crippen molar-refractivity contribution < 1.29 is 18.0 Å². The summed E-state index contributed by atoms with van der Waals surface area (Å²) in [6.07, 6.45) is 0.692. The number of amides is 2. The Morgan fingerprint density at radius 3 is 2.05 bits per heavy atom. The number of nitrogens with one attached hydrogen (secondary N) is 1. The fourth-order valence-corrected chi connectivity index (χ4v) is 6.17. The maximum absolute atomic E-state index is 14.0. The topological polar surface area (TPSA) is 86.8 Å². The highest BCUT2D eigenvalue weighted by atomic mass is 35.5. The van der Waals surface area contributed by atoms with Gasteiger partial charge in [0.2, 0.25) is 11.8 Å². The molecule has 7 nitrogen and oxygen atoms in total. The third-order valence-electron chi connectivity index (χ3n) is 6.53. The molecule has 0 saturated carbocycles. The number of carbonyl (C=O) groups is 2. The third kappa shape index (κ3) is 8.52. The molecule has 0 spiro atoms. The molecule has 12 heteroatoms. The highest BCUT2D eigenvalue weighted by Crippen LogP contribution is 2.30. The zero-order valence-corrected chi connectivity index (χ0v) is 26.8. The molecule has 0 aliphatic carbocycles. The molecule has 0 heterocycles. The number of carbonyl (C=O) groups excluding carboxylic acids is 2. The van der Waals surface area contributed by atoms with Crippen LogP contribution < -0.4 is 9.62 Å². The summed E-state index contributed by atoms with van der Waals surface area (Å²) in [5.74, 6) is -1.01. The molecule has 220 valence electrons. The standard InChI is InChI=1S/C29H31Cl4N3O4S/c1-5-19(3)34-29(38)20(4)35(16-21-8-11-26(32)27(33)12-21)28(37)17-36(24-14-22(30)13-23(31)15-24)41(39,40)25-9-6-18(2)7-10-25/h6-15,19-20H,5,16-17H2,1-4H3,(H,34,38)/t19-,20-/m0/s1. The van der Waals surface area contributed by atoms with E-state index < -0.39 is 28.5 Å². The summed E-state index contributed by atoms with van der Waals surface area (Å²) in [5, 5.41) is 3.89. The van der Waals surface area contributed by atoms with Crippen LogP contribution >= 0.6 is 46.4 Å². The van der Waals surface area contributed by atoms with Gasteiger partial charge in [-0.15, -0.1) is 0 Å². The summed E-state index contributed by atoms with van der Waals surface area (Å²) in [5.41, 5.74) is 1.57. The van der Waals surface area contributed by atoms with Crippen LogP contribution in [-0.2, 0) is 26.2 Å². The average molecular weight is 659 g/mol. The molecule has 0 unspecified atom stereocenters. The van der Waals surface area contributed by atoms with Crippen LogP contribution in [0.1, 0.15) is 38.3 Å². The second-order valence-corrected chi connectivity index (χ2v) is 13.3. The van der Waals surface area contributed by atoms with Gasteiger partial charge in [-0.3, -0.25) is 13.9 Å². The van der Waals surface area contributed by atoms with Gasteiger partial charge in [-0.1, -0.05) is 77.1 Å². The first-order valence-electron chi connectivity index (χ1n) is 12.8. The zero-order valence-electron chi connectivity index (χ0n) is 23.0. The lowest BCUT2D eigenvalue weighted by Gasteiger charge is -2.32. The molecule has 2 amide bonds. The SMILES string of the molecule is CC[C@H](C)NC(=O)[C@H](C)N(Cc1ccc(Cl)c(Cl)c1)C(=O)CN(c1cc(Cl)cc(Cl)c1)S(=O)(=O)c1ccc(C)cc1. The molecular formula is C29H31Cl4N3O4S. The van der Waals surface area contributed by atoms with Crippen LogP contribution in [0, 0.1) is 6.92 Å². The van der Waals surface area contributed by atoms with Crippen LogP contribution in [0.3, 0.4) is 0 Å². The van der Waals surface area contributed by atoms with Crippen molar-refractivity contribution in [2.45, 2.75) is 57.6 Å². The number of hydrogen-bond donors (Lipinski definition) is 1. The summed E-state index contributed by atoms with van der Waals surface area (Å²) in [7, 11) is -4.26. The first kappa shape index (κ1) is 33.0. The lowest BCUT2D eigenvalue weighted by molar-refractivity contribution is -0.139. The van der Waals surface area contributed by atoms with Crippen molar-refractivity contribution >= 4 is 73.9 Å². The minimum atomic E-state index is -4.26. The highest BCUT2D eigenvalue weighted by Gasteiger charge is 2.33. The molecule has 1 N–H and O–H groups in total. The van der Waals surface area contributed by atoms with Crippen molar-refractivity contribution in [1.29, 1.82) is 0 Å². The maximum atomic E-state index is 14.0. The number of nitrogens with zero attached hydrogens (tertiary/aromatic N) is 2.